The van der Waals surface area contributed by atoms with Crippen molar-refractivity contribution in [1.29, 1.82) is 0 Å². The van der Waals surface area contributed by atoms with Gasteiger partial charge in [0.15, 0.2) is 0 Å². The lowest BCUT2D eigenvalue weighted by molar-refractivity contribution is -0.149. The van der Waals surface area contributed by atoms with E-state index >= 15 is 0 Å². The van der Waals surface area contributed by atoms with E-state index in [1.807, 2.05) is 0 Å². The molecule has 1 rings (SSSR count). The number of rotatable bonds is 4. The Balaban J connectivity index is 2.58. The summed E-state index contributed by atoms with van der Waals surface area (Å²) in [7, 11) is 0. The standard InChI is InChI=1S/C11H21NO3/c1-4-9-7-15-6-5-12(9)8-11(2,3)10(13)14/h9H,4-8H2,1-3H3,(H,13,14). The van der Waals surface area contributed by atoms with Crippen molar-refractivity contribution < 1.29 is 14.6 Å². The predicted molar refractivity (Wildman–Crippen MR) is 57.9 cm³/mol. The van der Waals surface area contributed by atoms with Gasteiger partial charge in [0.25, 0.3) is 0 Å². The molecule has 1 atom stereocenters. The van der Waals surface area contributed by atoms with Gasteiger partial charge in [-0.15, -0.1) is 0 Å². The molecule has 0 spiro atoms. The number of nitrogens with zero attached hydrogens (tertiary/aromatic N) is 1. The first-order chi connectivity index (χ1) is 6.97. The van der Waals surface area contributed by atoms with Gasteiger partial charge in [-0.05, 0) is 20.3 Å². The average molecular weight is 215 g/mol. The number of carboxylic acids is 1. The van der Waals surface area contributed by atoms with Crippen LogP contribution in [0.4, 0.5) is 0 Å². The van der Waals surface area contributed by atoms with Gasteiger partial charge in [-0.2, -0.15) is 0 Å². The van der Waals surface area contributed by atoms with E-state index in [9.17, 15) is 4.79 Å². The van der Waals surface area contributed by atoms with E-state index in [2.05, 4.69) is 11.8 Å². The van der Waals surface area contributed by atoms with Crippen molar-refractivity contribution in [3.05, 3.63) is 0 Å². The van der Waals surface area contributed by atoms with Crippen LogP contribution in [0.3, 0.4) is 0 Å². The fourth-order valence-electron chi connectivity index (χ4n) is 1.85. The average Bonchev–Trinajstić information content (AvgIpc) is 2.18. The molecule has 0 aromatic rings. The summed E-state index contributed by atoms with van der Waals surface area (Å²) >= 11 is 0. The van der Waals surface area contributed by atoms with Crippen molar-refractivity contribution in [1.82, 2.24) is 4.90 Å². The van der Waals surface area contributed by atoms with E-state index in [-0.39, 0.29) is 0 Å². The maximum Gasteiger partial charge on any atom is 0.310 e. The number of aliphatic carboxylic acids is 1. The van der Waals surface area contributed by atoms with Crippen LogP contribution in [-0.2, 0) is 9.53 Å². The Kier molecular flexibility index (Phi) is 4.11. The minimum absolute atomic E-state index is 0.373. The van der Waals surface area contributed by atoms with Crippen molar-refractivity contribution in [3.8, 4) is 0 Å². The van der Waals surface area contributed by atoms with Gasteiger partial charge in [-0.1, -0.05) is 6.92 Å². The molecule has 0 aromatic heterocycles. The van der Waals surface area contributed by atoms with E-state index in [4.69, 9.17) is 9.84 Å². The van der Waals surface area contributed by atoms with Crippen LogP contribution in [0.15, 0.2) is 0 Å². The summed E-state index contributed by atoms with van der Waals surface area (Å²) in [5.74, 6) is -0.733. The molecule has 1 aliphatic heterocycles. The second-order valence-corrected chi connectivity index (χ2v) is 4.80. The molecule has 0 aromatic carbocycles. The highest BCUT2D eigenvalue weighted by atomic mass is 16.5. The number of hydrogen-bond acceptors (Lipinski definition) is 3. The molecule has 1 N–H and O–H groups in total. The fourth-order valence-corrected chi connectivity index (χ4v) is 1.85. The molecular weight excluding hydrogens is 194 g/mol. The molecule has 15 heavy (non-hydrogen) atoms. The zero-order chi connectivity index (χ0) is 11.5. The monoisotopic (exact) mass is 215 g/mol. The van der Waals surface area contributed by atoms with Crippen LogP contribution in [0.25, 0.3) is 0 Å². The molecule has 0 saturated carbocycles. The van der Waals surface area contributed by atoms with Gasteiger partial charge in [-0.3, -0.25) is 9.69 Å². The predicted octanol–water partition coefficient (Wildman–Crippen LogP) is 1.21. The minimum Gasteiger partial charge on any atom is -0.481 e. The van der Waals surface area contributed by atoms with Crippen molar-refractivity contribution in [2.45, 2.75) is 33.2 Å². The Hall–Kier alpha value is -0.610. The van der Waals surface area contributed by atoms with Crippen molar-refractivity contribution >= 4 is 5.97 Å². The van der Waals surface area contributed by atoms with Crippen LogP contribution >= 0.6 is 0 Å². The first-order valence-corrected chi connectivity index (χ1v) is 5.52. The molecule has 1 heterocycles. The van der Waals surface area contributed by atoms with Crippen LogP contribution in [0.5, 0.6) is 0 Å². The largest absolute Gasteiger partial charge is 0.481 e. The second kappa shape index (κ2) is 4.94. The zero-order valence-electron chi connectivity index (χ0n) is 9.82. The molecular formula is C11H21NO3. The summed E-state index contributed by atoms with van der Waals surface area (Å²) in [4.78, 5) is 13.3. The summed E-state index contributed by atoms with van der Waals surface area (Å²) in [5.41, 5.74) is -0.676. The molecule has 1 fully saturated rings. The van der Waals surface area contributed by atoms with Crippen LogP contribution in [-0.4, -0.2) is 48.3 Å². The summed E-state index contributed by atoms with van der Waals surface area (Å²) in [6.07, 6.45) is 1.01. The van der Waals surface area contributed by atoms with Gasteiger partial charge in [0.1, 0.15) is 0 Å². The second-order valence-electron chi connectivity index (χ2n) is 4.80. The normalized spacial score (nSPS) is 24.1. The molecule has 0 radical (unpaired) electrons. The van der Waals surface area contributed by atoms with Gasteiger partial charge >= 0.3 is 5.97 Å². The van der Waals surface area contributed by atoms with Crippen LogP contribution in [0.2, 0.25) is 0 Å². The third-order valence-corrected chi connectivity index (χ3v) is 3.00. The topological polar surface area (TPSA) is 49.8 Å². The summed E-state index contributed by atoms with van der Waals surface area (Å²) in [5, 5.41) is 9.07. The van der Waals surface area contributed by atoms with Crippen LogP contribution < -0.4 is 0 Å². The Bertz CT molecular complexity index is 228. The number of hydrogen-bond donors (Lipinski definition) is 1. The van der Waals surface area contributed by atoms with Gasteiger partial charge < -0.3 is 9.84 Å². The Labute approximate surface area is 91.2 Å². The van der Waals surface area contributed by atoms with Gasteiger partial charge in [0.2, 0.25) is 0 Å². The lowest BCUT2D eigenvalue weighted by Gasteiger charge is -2.38. The third-order valence-electron chi connectivity index (χ3n) is 3.00. The first kappa shape index (κ1) is 12.5. The molecule has 4 heteroatoms. The Morgan fingerprint density at radius 1 is 1.60 bits per heavy atom. The smallest absolute Gasteiger partial charge is 0.310 e. The van der Waals surface area contributed by atoms with E-state index < -0.39 is 11.4 Å². The van der Waals surface area contributed by atoms with Crippen LogP contribution in [0.1, 0.15) is 27.2 Å². The molecule has 0 amide bonds. The lowest BCUT2D eigenvalue weighted by atomic mass is 9.92. The molecule has 1 unspecified atom stereocenters. The number of morpholine rings is 1. The van der Waals surface area contributed by atoms with E-state index in [1.54, 1.807) is 13.8 Å². The highest BCUT2D eigenvalue weighted by molar-refractivity contribution is 5.73. The van der Waals surface area contributed by atoms with E-state index in [0.717, 1.165) is 19.6 Å². The molecule has 1 aliphatic rings. The first-order valence-electron chi connectivity index (χ1n) is 5.52. The Morgan fingerprint density at radius 2 is 2.27 bits per heavy atom. The minimum atomic E-state index is -0.733. The SMILES string of the molecule is CCC1COCCN1CC(C)(C)C(=O)O. The fraction of sp³-hybridized carbons (Fsp3) is 0.909. The quantitative estimate of drug-likeness (QED) is 0.765. The van der Waals surface area contributed by atoms with Crippen molar-refractivity contribution in [2.75, 3.05) is 26.3 Å². The van der Waals surface area contributed by atoms with E-state index in [0.29, 0.717) is 19.2 Å². The summed E-state index contributed by atoms with van der Waals surface area (Å²) in [6, 6.07) is 0.373. The maximum atomic E-state index is 11.0. The maximum absolute atomic E-state index is 11.0. The highest BCUT2D eigenvalue weighted by Crippen LogP contribution is 2.21. The van der Waals surface area contributed by atoms with E-state index in [1.165, 1.54) is 0 Å². The number of carboxylic acid groups (broad SMARTS) is 1. The lowest BCUT2D eigenvalue weighted by Crippen LogP contribution is -2.50. The molecule has 0 aliphatic carbocycles. The van der Waals surface area contributed by atoms with Crippen LogP contribution in [0, 0.1) is 5.41 Å². The van der Waals surface area contributed by atoms with Gasteiger partial charge in [-0.25, -0.2) is 0 Å². The van der Waals surface area contributed by atoms with Gasteiger partial charge in [0.05, 0.1) is 18.6 Å². The van der Waals surface area contributed by atoms with Gasteiger partial charge in [0, 0.05) is 19.1 Å². The Morgan fingerprint density at radius 3 is 2.80 bits per heavy atom. The molecule has 1 saturated heterocycles. The third kappa shape index (κ3) is 3.18. The molecule has 88 valence electrons. The summed E-state index contributed by atoms with van der Waals surface area (Å²) in [6.45, 7) is 8.55. The number of carbonyl (C=O) groups is 1. The van der Waals surface area contributed by atoms with Crippen molar-refractivity contribution in [2.24, 2.45) is 5.41 Å². The number of ether oxygens (including phenoxy) is 1. The van der Waals surface area contributed by atoms with Crippen molar-refractivity contribution in [3.63, 3.8) is 0 Å². The zero-order valence-corrected chi connectivity index (χ0v) is 9.82. The highest BCUT2D eigenvalue weighted by Gasteiger charge is 2.33. The summed E-state index contributed by atoms with van der Waals surface area (Å²) < 4.78 is 5.39. The molecule has 0 bridgehead atoms. The molecule has 4 nitrogen and oxygen atoms in total.